The van der Waals surface area contributed by atoms with Crippen molar-refractivity contribution in [2.45, 2.75) is 25.2 Å². The van der Waals surface area contributed by atoms with Crippen LogP contribution in [0.2, 0.25) is 0 Å². The Morgan fingerprint density at radius 1 is 1.43 bits per heavy atom. The maximum Gasteiger partial charge on any atom is 0.0140 e. The van der Waals surface area contributed by atoms with Crippen molar-refractivity contribution in [3.05, 3.63) is 47.5 Å². The number of benzene rings is 1. The van der Waals surface area contributed by atoms with Crippen LogP contribution < -0.4 is 5.73 Å². The molecule has 2 N–H and O–H groups in total. The van der Waals surface area contributed by atoms with Crippen molar-refractivity contribution in [2.24, 2.45) is 5.73 Å². The summed E-state index contributed by atoms with van der Waals surface area (Å²) in [7, 11) is 0. The minimum atomic E-state index is 0.505. The second-order valence-corrected chi connectivity index (χ2v) is 4.01. The third kappa shape index (κ3) is 1.60. The molecule has 1 atom stereocenters. The molecule has 1 aromatic rings. The fraction of sp³-hybridized carbons (Fsp3) is 0.385. The van der Waals surface area contributed by atoms with Crippen molar-refractivity contribution < 1.29 is 0 Å². The zero-order valence-corrected chi connectivity index (χ0v) is 8.50. The normalized spacial score (nSPS) is 20.2. The van der Waals surface area contributed by atoms with Gasteiger partial charge in [0.15, 0.2) is 0 Å². The SMILES string of the molecule is C=C(CN)C1CCCc2ccccc21. The lowest BCUT2D eigenvalue weighted by molar-refractivity contribution is 0.602. The third-order valence-corrected chi connectivity index (χ3v) is 3.12. The standard InChI is InChI=1S/C13H17N/c1-10(9-14)12-8-4-6-11-5-2-3-7-13(11)12/h2-3,5,7,12H,1,4,6,8-9,14H2. The Morgan fingerprint density at radius 2 is 2.21 bits per heavy atom. The Labute approximate surface area is 85.6 Å². The Bertz CT molecular complexity index is 341. The summed E-state index contributed by atoms with van der Waals surface area (Å²) in [6, 6.07) is 8.68. The molecule has 1 aliphatic carbocycles. The van der Waals surface area contributed by atoms with Gasteiger partial charge in [-0.1, -0.05) is 36.4 Å². The minimum absolute atomic E-state index is 0.505. The first kappa shape index (κ1) is 9.47. The number of hydrogen-bond acceptors (Lipinski definition) is 1. The molecule has 0 aromatic heterocycles. The van der Waals surface area contributed by atoms with Crippen molar-refractivity contribution in [2.75, 3.05) is 6.54 Å². The summed E-state index contributed by atoms with van der Waals surface area (Å²) in [4.78, 5) is 0. The fourth-order valence-corrected chi connectivity index (χ4v) is 2.32. The molecular weight excluding hydrogens is 170 g/mol. The number of hydrogen-bond donors (Lipinski definition) is 1. The monoisotopic (exact) mass is 187 g/mol. The first-order valence-electron chi connectivity index (χ1n) is 5.28. The maximum absolute atomic E-state index is 5.66. The molecule has 2 rings (SSSR count). The van der Waals surface area contributed by atoms with Crippen LogP contribution in [-0.2, 0) is 6.42 Å². The number of nitrogens with two attached hydrogens (primary N) is 1. The topological polar surface area (TPSA) is 26.0 Å². The van der Waals surface area contributed by atoms with Crippen LogP contribution in [0.5, 0.6) is 0 Å². The first-order chi connectivity index (χ1) is 6.83. The number of aryl methyl sites for hydroxylation is 1. The Balaban J connectivity index is 2.35. The first-order valence-corrected chi connectivity index (χ1v) is 5.28. The average Bonchev–Trinajstić information content (AvgIpc) is 2.27. The van der Waals surface area contributed by atoms with Crippen molar-refractivity contribution in [1.82, 2.24) is 0 Å². The molecule has 0 bridgehead atoms. The van der Waals surface area contributed by atoms with Gasteiger partial charge in [-0.3, -0.25) is 0 Å². The van der Waals surface area contributed by atoms with Gasteiger partial charge in [0.2, 0.25) is 0 Å². The van der Waals surface area contributed by atoms with Gasteiger partial charge in [-0.2, -0.15) is 0 Å². The van der Waals surface area contributed by atoms with Crippen LogP contribution in [-0.4, -0.2) is 6.54 Å². The average molecular weight is 187 g/mol. The molecule has 1 nitrogen and oxygen atoms in total. The van der Waals surface area contributed by atoms with Gasteiger partial charge >= 0.3 is 0 Å². The van der Waals surface area contributed by atoms with Crippen LogP contribution in [0.1, 0.15) is 29.9 Å². The van der Waals surface area contributed by atoms with Crippen LogP contribution in [0, 0.1) is 0 Å². The zero-order valence-electron chi connectivity index (χ0n) is 8.50. The van der Waals surface area contributed by atoms with Crippen LogP contribution in [0.3, 0.4) is 0 Å². The maximum atomic E-state index is 5.66. The summed E-state index contributed by atoms with van der Waals surface area (Å²) in [5.41, 5.74) is 9.78. The summed E-state index contributed by atoms with van der Waals surface area (Å²) in [5.74, 6) is 0.505. The van der Waals surface area contributed by atoms with Crippen molar-refractivity contribution >= 4 is 0 Å². The van der Waals surface area contributed by atoms with E-state index in [1.165, 1.54) is 36.0 Å². The molecular formula is C13H17N. The van der Waals surface area contributed by atoms with E-state index >= 15 is 0 Å². The molecule has 0 saturated heterocycles. The lowest BCUT2D eigenvalue weighted by atomic mass is 9.79. The Hall–Kier alpha value is -1.08. The van der Waals surface area contributed by atoms with Crippen LogP contribution in [0.15, 0.2) is 36.4 Å². The molecule has 74 valence electrons. The van der Waals surface area contributed by atoms with E-state index in [1.54, 1.807) is 0 Å². The van der Waals surface area contributed by atoms with Crippen molar-refractivity contribution in [1.29, 1.82) is 0 Å². The summed E-state index contributed by atoms with van der Waals surface area (Å²) in [6.45, 7) is 4.68. The molecule has 0 heterocycles. The van der Waals surface area contributed by atoms with Gasteiger partial charge < -0.3 is 5.73 Å². The molecule has 0 saturated carbocycles. The highest BCUT2D eigenvalue weighted by molar-refractivity contribution is 5.37. The van der Waals surface area contributed by atoms with E-state index in [-0.39, 0.29) is 0 Å². The highest BCUT2D eigenvalue weighted by atomic mass is 14.5. The lowest BCUT2D eigenvalue weighted by Crippen LogP contribution is -2.16. The molecule has 1 aromatic carbocycles. The highest BCUT2D eigenvalue weighted by Crippen LogP contribution is 2.35. The molecule has 1 aliphatic rings. The predicted octanol–water partition coefficient (Wildman–Crippen LogP) is 2.62. The molecule has 0 aliphatic heterocycles. The third-order valence-electron chi connectivity index (χ3n) is 3.12. The van der Waals surface area contributed by atoms with E-state index in [4.69, 9.17) is 5.73 Å². The molecule has 14 heavy (non-hydrogen) atoms. The van der Waals surface area contributed by atoms with Gasteiger partial charge in [-0.25, -0.2) is 0 Å². The number of fused-ring (bicyclic) bond motifs is 1. The van der Waals surface area contributed by atoms with Gasteiger partial charge in [0.05, 0.1) is 0 Å². The van der Waals surface area contributed by atoms with Gasteiger partial charge in [0.1, 0.15) is 0 Å². The molecule has 1 unspecified atom stereocenters. The van der Waals surface area contributed by atoms with Gasteiger partial charge in [0.25, 0.3) is 0 Å². The van der Waals surface area contributed by atoms with E-state index in [0.717, 1.165) is 0 Å². The van der Waals surface area contributed by atoms with Gasteiger partial charge in [-0.15, -0.1) is 0 Å². The highest BCUT2D eigenvalue weighted by Gasteiger charge is 2.20. The van der Waals surface area contributed by atoms with Crippen molar-refractivity contribution in [3.63, 3.8) is 0 Å². The Morgan fingerprint density at radius 3 is 3.00 bits per heavy atom. The van der Waals surface area contributed by atoms with Crippen LogP contribution in [0.25, 0.3) is 0 Å². The van der Waals surface area contributed by atoms with Gasteiger partial charge in [0, 0.05) is 12.5 Å². The summed E-state index contributed by atoms with van der Waals surface area (Å²) in [5, 5.41) is 0. The summed E-state index contributed by atoms with van der Waals surface area (Å²) >= 11 is 0. The van der Waals surface area contributed by atoms with E-state index in [9.17, 15) is 0 Å². The molecule has 1 heteroatoms. The van der Waals surface area contributed by atoms with Crippen molar-refractivity contribution in [3.8, 4) is 0 Å². The largest absolute Gasteiger partial charge is 0.327 e. The lowest BCUT2D eigenvalue weighted by Gasteiger charge is -2.26. The molecule has 0 amide bonds. The van der Waals surface area contributed by atoms with E-state index < -0.39 is 0 Å². The molecule has 0 spiro atoms. The second kappa shape index (κ2) is 3.97. The van der Waals surface area contributed by atoms with Crippen LogP contribution in [0.4, 0.5) is 0 Å². The van der Waals surface area contributed by atoms with E-state index in [2.05, 4.69) is 30.8 Å². The molecule has 0 fully saturated rings. The minimum Gasteiger partial charge on any atom is -0.327 e. The quantitative estimate of drug-likeness (QED) is 0.708. The second-order valence-electron chi connectivity index (χ2n) is 4.01. The van der Waals surface area contributed by atoms with Gasteiger partial charge in [-0.05, 0) is 30.4 Å². The fourth-order valence-electron chi connectivity index (χ4n) is 2.32. The number of rotatable bonds is 2. The Kier molecular flexibility index (Phi) is 2.69. The zero-order chi connectivity index (χ0) is 9.97. The van der Waals surface area contributed by atoms with E-state index in [0.29, 0.717) is 12.5 Å². The summed E-state index contributed by atoms with van der Waals surface area (Å²) in [6.07, 6.45) is 3.69. The van der Waals surface area contributed by atoms with Crippen LogP contribution >= 0.6 is 0 Å². The van der Waals surface area contributed by atoms with E-state index in [1.807, 2.05) is 0 Å². The summed E-state index contributed by atoms with van der Waals surface area (Å²) < 4.78 is 0. The molecule has 0 radical (unpaired) electrons. The smallest absolute Gasteiger partial charge is 0.0140 e. The predicted molar refractivity (Wildman–Crippen MR) is 60.3 cm³/mol.